The van der Waals surface area contributed by atoms with Crippen LogP contribution in [0, 0.1) is 17.0 Å². The largest absolute Gasteiger partial charge is 0.480 e. The summed E-state index contributed by atoms with van der Waals surface area (Å²) < 4.78 is 2.37. The van der Waals surface area contributed by atoms with Crippen LogP contribution in [0.4, 0.5) is 5.69 Å². The molecule has 20 heavy (non-hydrogen) atoms. The Kier molecular flexibility index (Phi) is 3.65. The number of aliphatic carboxylic acids is 1. The summed E-state index contributed by atoms with van der Waals surface area (Å²) in [6, 6.07) is 0. The third-order valence-electron chi connectivity index (χ3n) is 2.29. The van der Waals surface area contributed by atoms with Crippen LogP contribution in [0.2, 0.25) is 0 Å². The highest BCUT2D eigenvalue weighted by molar-refractivity contribution is 7.99. The van der Waals surface area contributed by atoms with Gasteiger partial charge in [-0.05, 0) is 29.1 Å². The van der Waals surface area contributed by atoms with Gasteiger partial charge < -0.3 is 5.11 Å². The van der Waals surface area contributed by atoms with E-state index in [0.29, 0.717) is 0 Å². The van der Waals surface area contributed by atoms with Gasteiger partial charge in [-0.25, -0.2) is 4.68 Å². The summed E-state index contributed by atoms with van der Waals surface area (Å²) in [6.45, 7) is 1.09. The first-order valence-electron chi connectivity index (χ1n) is 5.24. The third kappa shape index (κ3) is 2.59. The molecule has 0 unspecified atom stereocenters. The van der Waals surface area contributed by atoms with Gasteiger partial charge in [-0.3, -0.25) is 19.6 Å². The molecule has 106 valence electrons. The zero-order valence-corrected chi connectivity index (χ0v) is 11.2. The van der Waals surface area contributed by atoms with Crippen LogP contribution in [0.1, 0.15) is 5.69 Å². The first kappa shape index (κ1) is 13.9. The Balaban J connectivity index is 2.38. The molecule has 0 aromatic carbocycles. The van der Waals surface area contributed by atoms with Gasteiger partial charge in [0.05, 0.1) is 4.92 Å². The molecule has 0 aliphatic rings. The number of carboxylic acid groups (broad SMARTS) is 1. The maximum absolute atomic E-state index is 11.0. The van der Waals surface area contributed by atoms with Gasteiger partial charge in [-0.1, -0.05) is 0 Å². The summed E-state index contributed by atoms with van der Waals surface area (Å²) in [7, 11) is 1.55. The second-order valence-electron chi connectivity index (χ2n) is 3.73. The van der Waals surface area contributed by atoms with Crippen molar-refractivity contribution in [3.63, 3.8) is 0 Å². The van der Waals surface area contributed by atoms with Crippen LogP contribution in [0.25, 0.3) is 0 Å². The van der Waals surface area contributed by atoms with Crippen LogP contribution in [-0.2, 0) is 18.4 Å². The van der Waals surface area contributed by atoms with Crippen LogP contribution >= 0.6 is 11.8 Å². The fourth-order valence-corrected chi connectivity index (χ4v) is 2.48. The van der Waals surface area contributed by atoms with E-state index in [2.05, 4.69) is 20.6 Å². The number of aryl methyl sites for hydroxylation is 2. The van der Waals surface area contributed by atoms with Crippen LogP contribution in [0.5, 0.6) is 0 Å². The zero-order chi connectivity index (χ0) is 14.9. The number of tetrazole rings is 1. The average molecular weight is 299 g/mol. The van der Waals surface area contributed by atoms with Gasteiger partial charge in [-0.2, -0.15) is 5.10 Å². The Bertz CT molecular complexity index is 678. The monoisotopic (exact) mass is 299 g/mol. The van der Waals surface area contributed by atoms with Crippen molar-refractivity contribution in [1.29, 1.82) is 0 Å². The first-order valence-corrected chi connectivity index (χ1v) is 6.05. The Morgan fingerprint density at radius 2 is 2.25 bits per heavy atom. The lowest BCUT2D eigenvalue weighted by atomic mass is 10.4. The summed E-state index contributed by atoms with van der Waals surface area (Å²) in [5.41, 5.74) is 0.111. The van der Waals surface area contributed by atoms with Crippen molar-refractivity contribution in [3.05, 3.63) is 15.8 Å². The smallest absolute Gasteiger partial charge is 0.325 e. The molecule has 2 aromatic heterocycles. The summed E-state index contributed by atoms with van der Waals surface area (Å²) in [4.78, 5) is 21.2. The highest BCUT2D eigenvalue weighted by atomic mass is 32.2. The van der Waals surface area contributed by atoms with E-state index >= 15 is 0 Å². The topological polar surface area (TPSA) is 142 Å². The Morgan fingerprint density at radius 3 is 2.85 bits per heavy atom. The maximum Gasteiger partial charge on any atom is 0.325 e. The fraction of sp³-hybridized carbons (Fsp3) is 0.375. The minimum absolute atomic E-state index is 0.138. The van der Waals surface area contributed by atoms with Crippen molar-refractivity contribution >= 4 is 23.4 Å². The van der Waals surface area contributed by atoms with Gasteiger partial charge in [0.25, 0.3) is 0 Å². The Labute approximate surface area is 115 Å². The molecule has 0 atom stereocenters. The minimum Gasteiger partial charge on any atom is -0.480 e. The molecule has 2 heterocycles. The molecule has 0 saturated heterocycles. The Hall–Kier alpha value is -2.50. The molecule has 0 amide bonds. The number of aromatic nitrogens is 6. The van der Waals surface area contributed by atoms with Crippen molar-refractivity contribution in [2.24, 2.45) is 7.05 Å². The number of nitrogens with zero attached hydrogens (tertiary/aromatic N) is 7. The van der Waals surface area contributed by atoms with Gasteiger partial charge >= 0.3 is 11.7 Å². The molecule has 0 spiro atoms. The molecule has 2 rings (SSSR count). The molecular formula is C8H9N7O4S. The molecule has 12 heteroatoms. The van der Waals surface area contributed by atoms with E-state index in [4.69, 9.17) is 5.11 Å². The van der Waals surface area contributed by atoms with E-state index in [1.165, 1.54) is 11.6 Å². The van der Waals surface area contributed by atoms with Crippen LogP contribution in [0.3, 0.4) is 0 Å². The molecule has 0 saturated carbocycles. The second kappa shape index (κ2) is 5.24. The van der Waals surface area contributed by atoms with Gasteiger partial charge in [0.2, 0.25) is 5.16 Å². The van der Waals surface area contributed by atoms with E-state index in [-0.39, 0.29) is 21.6 Å². The van der Waals surface area contributed by atoms with Crippen molar-refractivity contribution in [3.8, 4) is 0 Å². The number of hydrogen-bond acceptors (Lipinski definition) is 8. The van der Waals surface area contributed by atoms with Crippen LogP contribution in [0.15, 0.2) is 10.2 Å². The number of nitro groups is 1. The molecule has 0 radical (unpaired) electrons. The van der Waals surface area contributed by atoms with Gasteiger partial charge in [0, 0.05) is 7.05 Å². The van der Waals surface area contributed by atoms with Crippen molar-refractivity contribution < 1.29 is 14.8 Å². The number of hydrogen-bond donors (Lipinski definition) is 1. The predicted molar refractivity (Wildman–Crippen MR) is 64.2 cm³/mol. The van der Waals surface area contributed by atoms with Gasteiger partial charge in [-0.15, -0.1) is 5.10 Å². The predicted octanol–water partition coefficient (Wildman–Crippen LogP) is -0.141. The molecule has 0 fully saturated rings. The van der Waals surface area contributed by atoms with Crippen molar-refractivity contribution in [2.75, 3.05) is 0 Å². The van der Waals surface area contributed by atoms with Crippen molar-refractivity contribution in [2.45, 2.75) is 23.7 Å². The van der Waals surface area contributed by atoms with Crippen LogP contribution < -0.4 is 0 Å². The highest BCUT2D eigenvalue weighted by Gasteiger charge is 2.26. The van der Waals surface area contributed by atoms with E-state index in [0.717, 1.165) is 16.4 Å². The van der Waals surface area contributed by atoms with E-state index in [1.54, 1.807) is 7.05 Å². The SMILES string of the molecule is Cc1nn(C)c(Sc2nnnn2CC(=O)O)c1[N+](=O)[O-]. The molecular weight excluding hydrogens is 290 g/mol. The van der Waals surface area contributed by atoms with Crippen LogP contribution in [-0.4, -0.2) is 46.0 Å². The van der Waals surface area contributed by atoms with Gasteiger partial charge in [0.1, 0.15) is 12.2 Å². The molecule has 0 aliphatic carbocycles. The molecule has 0 aliphatic heterocycles. The lowest BCUT2D eigenvalue weighted by Gasteiger charge is -2.01. The standard InChI is InChI=1S/C8H9N7O4S/c1-4-6(15(18)19)7(13(2)10-4)20-8-9-11-12-14(8)3-5(16)17/h3H2,1-2H3,(H,16,17). The average Bonchev–Trinajstić information content (AvgIpc) is 2.84. The lowest BCUT2D eigenvalue weighted by Crippen LogP contribution is -2.11. The van der Waals surface area contributed by atoms with Gasteiger partial charge in [0.15, 0.2) is 5.03 Å². The maximum atomic E-state index is 11.0. The summed E-state index contributed by atoms with van der Waals surface area (Å²) >= 11 is 0.888. The molecule has 0 bridgehead atoms. The zero-order valence-electron chi connectivity index (χ0n) is 10.4. The minimum atomic E-state index is -1.12. The summed E-state index contributed by atoms with van der Waals surface area (Å²) in [6.07, 6.45) is 0. The normalized spacial score (nSPS) is 10.7. The Morgan fingerprint density at radius 1 is 1.55 bits per heavy atom. The lowest BCUT2D eigenvalue weighted by molar-refractivity contribution is -0.388. The number of rotatable bonds is 5. The number of carboxylic acids is 1. The first-order chi connectivity index (χ1) is 9.40. The van der Waals surface area contributed by atoms with E-state index < -0.39 is 17.4 Å². The third-order valence-corrected chi connectivity index (χ3v) is 3.42. The summed E-state index contributed by atoms with van der Waals surface area (Å²) in [5, 5.41) is 34.6. The second-order valence-corrected chi connectivity index (χ2v) is 4.69. The van der Waals surface area contributed by atoms with E-state index in [1.807, 2.05) is 0 Å². The fourth-order valence-electron chi connectivity index (χ4n) is 1.53. The summed E-state index contributed by atoms with van der Waals surface area (Å²) in [5.74, 6) is -1.12. The molecule has 1 N–H and O–H groups in total. The van der Waals surface area contributed by atoms with E-state index in [9.17, 15) is 14.9 Å². The number of carbonyl (C=O) groups is 1. The quantitative estimate of drug-likeness (QED) is 0.589. The highest BCUT2D eigenvalue weighted by Crippen LogP contribution is 2.34. The van der Waals surface area contributed by atoms with Crippen molar-refractivity contribution in [1.82, 2.24) is 30.0 Å². The molecule has 11 nitrogen and oxygen atoms in total. The molecule has 2 aromatic rings.